The van der Waals surface area contributed by atoms with Crippen molar-refractivity contribution in [3.8, 4) is 0 Å². The van der Waals surface area contributed by atoms with Crippen molar-refractivity contribution in [1.29, 1.82) is 0 Å². The van der Waals surface area contributed by atoms with E-state index in [1.165, 1.54) is 12.1 Å². The summed E-state index contributed by atoms with van der Waals surface area (Å²) in [4.78, 5) is 12.4. The maximum atomic E-state index is 13.9. The zero-order valence-electron chi connectivity index (χ0n) is 12.0. The largest absolute Gasteiger partial charge is 0.288 e. The Morgan fingerprint density at radius 2 is 1.71 bits per heavy atom. The Hall–Kier alpha value is -1.19. The summed E-state index contributed by atoms with van der Waals surface area (Å²) >= 11 is 9.07. The Labute approximate surface area is 137 Å². The highest BCUT2D eigenvalue weighted by Gasteiger charge is 2.18. The van der Waals surface area contributed by atoms with Crippen LogP contribution >= 0.6 is 27.5 Å². The molecule has 0 heterocycles. The number of halogens is 3. The van der Waals surface area contributed by atoms with Crippen LogP contribution < -0.4 is 0 Å². The van der Waals surface area contributed by atoms with Gasteiger partial charge >= 0.3 is 0 Å². The highest BCUT2D eigenvalue weighted by Crippen LogP contribution is 2.28. The van der Waals surface area contributed by atoms with Gasteiger partial charge in [-0.2, -0.15) is 0 Å². The van der Waals surface area contributed by atoms with Gasteiger partial charge in [0.2, 0.25) is 0 Å². The molecule has 0 bridgehead atoms. The second kappa shape index (κ2) is 5.90. The molecule has 4 heteroatoms. The second-order valence-electron chi connectivity index (χ2n) is 5.90. The second-order valence-corrected chi connectivity index (χ2v) is 7.16. The molecule has 0 atom stereocenters. The van der Waals surface area contributed by atoms with Crippen LogP contribution in [0.2, 0.25) is 5.02 Å². The lowest BCUT2D eigenvalue weighted by molar-refractivity contribution is 0.103. The van der Waals surface area contributed by atoms with Gasteiger partial charge in [0.1, 0.15) is 5.82 Å². The van der Waals surface area contributed by atoms with Crippen LogP contribution in [0, 0.1) is 5.82 Å². The van der Waals surface area contributed by atoms with Crippen molar-refractivity contribution in [1.82, 2.24) is 0 Å². The van der Waals surface area contributed by atoms with Crippen molar-refractivity contribution in [2.24, 2.45) is 0 Å². The summed E-state index contributed by atoms with van der Waals surface area (Å²) in [5, 5.41) is 0.311. The minimum Gasteiger partial charge on any atom is -0.288 e. The molecule has 2 aromatic carbocycles. The third-order valence-corrected chi connectivity index (χ3v) is 4.46. The summed E-state index contributed by atoms with van der Waals surface area (Å²) in [6.07, 6.45) is 0. The van der Waals surface area contributed by atoms with Gasteiger partial charge in [0.15, 0.2) is 5.78 Å². The quantitative estimate of drug-likeness (QED) is 0.485. The molecule has 0 radical (unpaired) electrons. The number of rotatable bonds is 2. The number of carbonyl (C=O) groups excluding carboxylic acids is 1. The van der Waals surface area contributed by atoms with Gasteiger partial charge in [0.05, 0.1) is 10.6 Å². The molecule has 0 saturated heterocycles. The van der Waals surface area contributed by atoms with Gasteiger partial charge in [-0.1, -0.05) is 56.6 Å². The van der Waals surface area contributed by atoms with Crippen molar-refractivity contribution in [2.75, 3.05) is 0 Å². The van der Waals surface area contributed by atoms with Crippen LogP contribution in [0.4, 0.5) is 4.39 Å². The minimum atomic E-state index is -0.587. The summed E-state index contributed by atoms with van der Waals surface area (Å²) in [6, 6.07) is 9.79. The average Bonchev–Trinajstić information content (AvgIpc) is 2.41. The predicted molar refractivity (Wildman–Crippen MR) is 87.7 cm³/mol. The van der Waals surface area contributed by atoms with Gasteiger partial charge in [0, 0.05) is 10.0 Å². The number of ketones is 1. The van der Waals surface area contributed by atoms with Crippen LogP contribution in [-0.2, 0) is 5.41 Å². The van der Waals surface area contributed by atoms with E-state index in [1.54, 1.807) is 12.1 Å². The van der Waals surface area contributed by atoms with Crippen molar-refractivity contribution in [3.05, 3.63) is 68.4 Å². The maximum absolute atomic E-state index is 13.9. The molecule has 0 spiro atoms. The smallest absolute Gasteiger partial charge is 0.196 e. The average molecular weight is 370 g/mol. The third kappa shape index (κ3) is 3.53. The first-order chi connectivity index (χ1) is 9.70. The zero-order valence-corrected chi connectivity index (χ0v) is 14.3. The van der Waals surface area contributed by atoms with E-state index < -0.39 is 5.82 Å². The van der Waals surface area contributed by atoms with Crippen molar-refractivity contribution < 1.29 is 9.18 Å². The predicted octanol–water partition coefficient (Wildman–Crippen LogP) is 5.77. The van der Waals surface area contributed by atoms with Crippen LogP contribution in [0.25, 0.3) is 0 Å². The lowest BCUT2D eigenvalue weighted by atomic mass is 9.86. The molecule has 0 unspecified atom stereocenters. The van der Waals surface area contributed by atoms with Gasteiger partial charge in [0.25, 0.3) is 0 Å². The van der Waals surface area contributed by atoms with E-state index in [0.29, 0.717) is 15.1 Å². The van der Waals surface area contributed by atoms with Gasteiger partial charge in [-0.25, -0.2) is 4.39 Å². The first-order valence-electron chi connectivity index (χ1n) is 6.50. The zero-order chi connectivity index (χ0) is 15.8. The molecule has 0 N–H and O–H groups in total. The Bertz CT molecular complexity index is 687. The van der Waals surface area contributed by atoms with E-state index in [-0.39, 0.29) is 16.8 Å². The molecule has 0 fully saturated rings. The molecular formula is C17H15BrClFO. The topological polar surface area (TPSA) is 17.1 Å². The number of hydrogen-bond acceptors (Lipinski definition) is 1. The van der Waals surface area contributed by atoms with E-state index in [1.807, 2.05) is 12.1 Å². The fourth-order valence-corrected chi connectivity index (χ4v) is 2.45. The molecule has 0 aliphatic heterocycles. The number of benzene rings is 2. The Kier molecular flexibility index (Phi) is 4.54. The fourth-order valence-electron chi connectivity index (χ4n) is 1.97. The van der Waals surface area contributed by atoms with Gasteiger partial charge < -0.3 is 0 Å². The monoisotopic (exact) mass is 368 g/mol. The van der Waals surface area contributed by atoms with Crippen LogP contribution in [-0.4, -0.2) is 5.78 Å². The molecule has 0 aromatic heterocycles. The summed E-state index contributed by atoms with van der Waals surface area (Å²) in [5.41, 5.74) is 1.55. The number of hydrogen-bond donors (Lipinski definition) is 0. The van der Waals surface area contributed by atoms with Crippen LogP contribution in [0.15, 0.2) is 40.9 Å². The highest BCUT2D eigenvalue weighted by molar-refractivity contribution is 9.10. The van der Waals surface area contributed by atoms with Gasteiger partial charge in [-0.05, 0) is 39.0 Å². The Balaban J connectivity index is 2.39. The fraction of sp³-hybridized carbons (Fsp3) is 0.235. The SMILES string of the molecule is CC(C)(C)c1ccc(C(=O)c2cc(Cl)c(Br)cc2F)cc1. The summed E-state index contributed by atoms with van der Waals surface area (Å²) in [7, 11) is 0. The molecule has 1 nitrogen and oxygen atoms in total. The van der Waals surface area contributed by atoms with E-state index in [2.05, 4.69) is 36.7 Å². The van der Waals surface area contributed by atoms with Gasteiger partial charge in [-0.3, -0.25) is 4.79 Å². The molecular weight excluding hydrogens is 355 g/mol. The van der Waals surface area contributed by atoms with Crippen LogP contribution in [0.5, 0.6) is 0 Å². The van der Waals surface area contributed by atoms with Crippen molar-refractivity contribution in [2.45, 2.75) is 26.2 Å². The van der Waals surface area contributed by atoms with E-state index in [0.717, 1.165) is 5.56 Å². The Morgan fingerprint density at radius 1 is 1.14 bits per heavy atom. The lowest BCUT2D eigenvalue weighted by Crippen LogP contribution is -2.11. The molecule has 110 valence electrons. The Morgan fingerprint density at radius 3 is 2.24 bits per heavy atom. The lowest BCUT2D eigenvalue weighted by Gasteiger charge is -2.19. The van der Waals surface area contributed by atoms with E-state index in [4.69, 9.17) is 11.6 Å². The van der Waals surface area contributed by atoms with Gasteiger partial charge in [-0.15, -0.1) is 0 Å². The third-order valence-electron chi connectivity index (χ3n) is 3.27. The number of carbonyl (C=O) groups is 1. The van der Waals surface area contributed by atoms with E-state index >= 15 is 0 Å². The minimum absolute atomic E-state index is 0.00769. The van der Waals surface area contributed by atoms with Crippen molar-refractivity contribution >= 4 is 33.3 Å². The molecule has 0 aliphatic rings. The highest BCUT2D eigenvalue weighted by atomic mass is 79.9. The molecule has 21 heavy (non-hydrogen) atoms. The van der Waals surface area contributed by atoms with Crippen molar-refractivity contribution in [3.63, 3.8) is 0 Å². The first-order valence-corrected chi connectivity index (χ1v) is 7.67. The molecule has 0 aliphatic carbocycles. The van der Waals surface area contributed by atoms with E-state index in [9.17, 15) is 9.18 Å². The van der Waals surface area contributed by atoms with Crippen LogP contribution in [0.3, 0.4) is 0 Å². The standard InChI is InChI=1S/C17H15BrClFO/c1-17(2,3)11-6-4-10(5-7-11)16(21)12-8-14(19)13(18)9-15(12)20/h4-9H,1-3H3. The summed E-state index contributed by atoms with van der Waals surface area (Å²) in [5.74, 6) is -0.960. The molecule has 2 rings (SSSR count). The normalized spacial score (nSPS) is 11.5. The molecule has 0 saturated carbocycles. The van der Waals surface area contributed by atoms with Crippen LogP contribution in [0.1, 0.15) is 42.3 Å². The summed E-state index contributed by atoms with van der Waals surface area (Å²) < 4.78 is 14.4. The summed E-state index contributed by atoms with van der Waals surface area (Å²) in [6.45, 7) is 6.29. The molecule has 2 aromatic rings. The first kappa shape index (κ1) is 16.2. The maximum Gasteiger partial charge on any atom is 0.196 e. The molecule has 0 amide bonds.